The molecule has 0 bridgehead atoms. The Morgan fingerprint density at radius 2 is 1.94 bits per heavy atom. The molecule has 9 nitrogen and oxygen atoms in total. The number of hydrogen-bond acceptors (Lipinski definition) is 7. The zero-order valence-electron chi connectivity index (χ0n) is 17.4. The van der Waals surface area contributed by atoms with Gasteiger partial charge in [-0.1, -0.05) is 40.9 Å². The summed E-state index contributed by atoms with van der Waals surface area (Å²) in [5.74, 6) is 0.0114. The van der Waals surface area contributed by atoms with Crippen LogP contribution in [0.2, 0.25) is 15.2 Å². The Balaban J connectivity index is 1.82. The first-order valence-electron chi connectivity index (χ1n) is 9.64. The first-order valence-corrected chi connectivity index (χ1v) is 10.8. The van der Waals surface area contributed by atoms with Gasteiger partial charge >= 0.3 is 5.70 Å². The fourth-order valence-corrected chi connectivity index (χ4v) is 4.07. The van der Waals surface area contributed by atoms with Crippen molar-refractivity contribution in [3.8, 4) is 0 Å². The number of benzene rings is 1. The maximum atomic E-state index is 12.6. The molecule has 0 radical (unpaired) electrons. The highest BCUT2D eigenvalue weighted by Gasteiger charge is 2.34. The van der Waals surface area contributed by atoms with Crippen molar-refractivity contribution in [2.24, 2.45) is 0 Å². The highest BCUT2D eigenvalue weighted by atomic mass is 35.5. The fraction of sp³-hybridized carbons (Fsp3) is 0.300. The first-order chi connectivity index (χ1) is 15.2. The number of carbonyl (C=O) groups is 1. The van der Waals surface area contributed by atoms with Gasteiger partial charge in [0.15, 0.2) is 5.82 Å². The molecular weight excluding hydrogens is 479 g/mol. The van der Waals surface area contributed by atoms with Crippen LogP contribution in [-0.4, -0.2) is 57.4 Å². The lowest BCUT2D eigenvalue weighted by molar-refractivity contribution is -0.434. The summed E-state index contributed by atoms with van der Waals surface area (Å²) in [5.41, 5.74) is 3.78. The Bertz CT molecular complexity index is 1030. The van der Waals surface area contributed by atoms with E-state index in [0.29, 0.717) is 34.1 Å². The van der Waals surface area contributed by atoms with Crippen molar-refractivity contribution in [2.45, 2.75) is 13.5 Å². The van der Waals surface area contributed by atoms with Crippen LogP contribution in [0.3, 0.4) is 0 Å². The number of hydrazine groups is 1. The van der Waals surface area contributed by atoms with Crippen LogP contribution >= 0.6 is 34.8 Å². The monoisotopic (exact) mass is 498 g/mol. The highest BCUT2D eigenvalue weighted by molar-refractivity contribution is 6.35. The number of amides is 1. The molecule has 0 unspecified atom stereocenters. The second-order valence-corrected chi connectivity index (χ2v) is 8.43. The summed E-state index contributed by atoms with van der Waals surface area (Å²) in [5, 5.41) is 14.4. The minimum Gasteiger partial charge on any atom is -0.349 e. The predicted octanol–water partition coefficient (Wildman–Crippen LogP) is 3.86. The lowest BCUT2D eigenvalue weighted by Crippen LogP contribution is -2.54. The molecule has 0 aliphatic carbocycles. The molecule has 1 aromatic carbocycles. The van der Waals surface area contributed by atoms with Crippen LogP contribution in [0.25, 0.3) is 0 Å². The SMILES string of the molecule is CCN(Cc1ccc(Cl)nc1)C1=C([N+](=O)[O-])CN(NC(=O)c2cc(Cl)cc(Cl)c2)CN1C. The minimum absolute atomic E-state index is 0.0352. The molecule has 3 rings (SSSR count). The predicted molar refractivity (Wildman–Crippen MR) is 123 cm³/mol. The standard InChI is InChI=1S/C20H21Cl3N6O3/c1-3-27(10-13-4-5-18(23)24-9-13)20-17(29(31)32)11-28(12-26(20)2)25-19(30)14-6-15(21)8-16(22)7-14/h4-9H,3,10-12H2,1-2H3,(H,25,30). The average molecular weight is 500 g/mol. The number of nitro groups is 1. The third-order valence-corrected chi connectivity index (χ3v) is 5.45. The number of rotatable bonds is 7. The Kier molecular flexibility index (Phi) is 7.78. The molecule has 0 saturated carbocycles. The largest absolute Gasteiger partial charge is 0.349 e. The Labute approximate surface area is 200 Å². The molecule has 0 fully saturated rings. The third kappa shape index (κ3) is 5.80. The van der Waals surface area contributed by atoms with E-state index in [0.717, 1.165) is 5.56 Å². The number of hydrogen-bond donors (Lipinski definition) is 1. The zero-order chi connectivity index (χ0) is 23.4. The zero-order valence-corrected chi connectivity index (χ0v) is 19.7. The van der Waals surface area contributed by atoms with Crippen molar-refractivity contribution in [3.05, 3.63) is 84.5 Å². The van der Waals surface area contributed by atoms with Crippen LogP contribution in [0, 0.1) is 10.1 Å². The summed E-state index contributed by atoms with van der Waals surface area (Å²) in [6.07, 6.45) is 1.64. The molecule has 12 heteroatoms. The highest BCUT2D eigenvalue weighted by Crippen LogP contribution is 2.24. The molecule has 32 heavy (non-hydrogen) atoms. The smallest absolute Gasteiger partial charge is 0.302 e. The van der Waals surface area contributed by atoms with Gasteiger partial charge in [-0.15, -0.1) is 0 Å². The van der Waals surface area contributed by atoms with Gasteiger partial charge in [-0.3, -0.25) is 20.3 Å². The normalized spacial score (nSPS) is 14.5. The van der Waals surface area contributed by atoms with Crippen molar-refractivity contribution < 1.29 is 9.72 Å². The van der Waals surface area contributed by atoms with Gasteiger partial charge in [0.1, 0.15) is 11.7 Å². The van der Waals surface area contributed by atoms with Crippen molar-refractivity contribution in [3.63, 3.8) is 0 Å². The summed E-state index contributed by atoms with van der Waals surface area (Å²) in [6, 6.07) is 7.98. The van der Waals surface area contributed by atoms with Crippen LogP contribution in [0.5, 0.6) is 0 Å². The number of aromatic nitrogens is 1. The van der Waals surface area contributed by atoms with Gasteiger partial charge in [0.05, 0.1) is 11.6 Å². The van der Waals surface area contributed by atoms with Gasteiger partial charge in [-0.2, -0.15) is 5.01 Å². The summed E-state index contributed by atoms with van der Waals surface area (Å²) in [4.78, 5) is 31.8. The third-order valence-electron chi connectivity index (χ3n) is 4.79. The van der Waals surface area contributed by atoms with Gasteiger partial charge in [0, 0.05) is 41.9 Å². The average Bonchev–Trinajstić information content (AvgIpc) is 2.72. The molecular formula is C20H21Cl3N6O3. The minimum atomic E-state index is -0.464. The number of halogens is 3. The van der Waals surface area contributed by atoms with Crippen molar-refractivity contribution in [1.82, 2.24) is 25.2 Å². The van der Waals surface area contributed by atoms with Crippen molar-refractivity contribution >= 4 is 40.7 Å². The van der Waals surface area contributed by atoms with Crippen LogP contribution < -0.4 is 5.43 Å². The topological polar surface area (TPSA) is 94.8 Å². The molecule has 0 saturated heterocycles. The van der Waals surface area contributed by atoms with Gasteiger partial charge in [-0.05, 0) is 36.8 Å². The van der Waals surface area contributed by atoms with E-state index in [9.17, 15) is 14.9 Å². The van der Waals surface area contributed by atoms with Crippen LogP contribution in [0.1, 0.15) is 22.8 Å². The van der Waals surface area contributed by atoms with Gasteiger partial charge < -0.3 is 9.80 Å². The van der Waals surface area contributed by atoms with E-state index in [1.807, 2.05) is 17.9 Å². The van der Waals surface area contributed by atoms with E-state index < -0.39 is 10.8 Å². The van der Waals surface area contributed by atoms with E-state index in [2.05, 4.69) is 10.4 Å². The van der Waals surface area contributed by atoms with Crippen molar-refractivity contribution in [2.75, 3.05) is 26.8 Å². The number of nitrogens with one attached hydrogen (secondary N) is 1. The van der Waals surface area contributed by atoms with Crippen LogP contribution in [0.15, 0.2) is 48.0 Å². The molecule has 1 amide bonds. The maximum absolute atomic E-state index is 12.6. The second kappa shape index (κ2) is 10.4. The number of carbonyl (C=O) groups excluding carboxylic acids is 1. The molecule has 2 aromatic rings. The van der Waals surface area contributed by atoms with Crippen molar-refractivity contribution in [1.29, 1.82) is 0 Å². The van der Waals surface area contributed by atoms with E-state index in [1.54, 1.807) is 24.2 Å². The molecule has 0 atom stereocenters. The van der Waals surface area contributed by atoms with Gasteiger partial charge in [-0.25, -0.2) is 4.98 Å². The van der Waals surface area contributed by atoms with E-state index in [1.165, 1.54) is 23.2 Å². The molecule has 1 N–H and O–H groups in total. The second-order valence-electron chi connectivity index (χ2n) is 7.17. The summed E-state index contributed by atoms with van der Waals surface area (Å²) >= 11 is 17.8. The first kappa shape index (κ1) is 24.1. The molecule has 170 valence electrons. The molecule has 1 aromatic heterocycles. The van der Waals surface area contributed by atoms with E-state index >= 15 is 0 Å². The lowest BCUT2D eigenvalue weighted by Gasteiger charge is -2.39. The number of nitrogens with zero attached hydrogens (tertiary/aromatic N) is 5. The fourth-order valence-electron chi connectivity index (χ4n) is 3.43. The van der Waals surface area contributed by atoms with Gasteiger partial charge in [0.25, 0.3) is 5.91 Å². The lowest BCUT2D eigenvalue weighted by atomic mass is 10.2. The Morgan fingerprint density at radius 1 is 1.25 bits per heavy atom. The molecule has 1 aliphatic rings. The maximum Gasteiger partial charge on any atom is 0.302 e. The molecule has 1 aliphatic heterocycles. The van der Waals surface area contributed by atoms with E-state index in [4.69, 9.17) is 34.8 Å². The summed E-state index contributed by atoms with van der Waals surface area (Å²) in [6.45, 7) is 3.03. The molecule has 2 heterocycles. The van der Waals surface area contributed by atoms with Crippen LogP contribution in [0.4, 0.5) is 0 Å². The Morgan fingerprint density at radius 3 is 2.50 bits per heavy atom. The van der Waals surface area contributed by atoms with Gasteiger partial charge in [0.2, 0.25) is 0 Å². The quantitative estimate of drug-likeness (QED) is 0.351. The Hall–Kier alpha value is -2.59. The summed E-state index contributed by atoms with van der Waals surface area (Å²) in [7, 11) is 1.73. The van der Waals surface area contributed by atoms with E-state index in [-0.39, 0.29) is 24.5 Å². The summed E-state index contributed by atoms with van der Waals surface area (Å²) < 4.78 is 0. The van der Waals surface area contributed by atoms with Crippen LogP contribution in [-0.2, 0) is 6.54 Å². The molecule has 0 spiro atoms. The number of pyridine rings is 1.